The number of aromatic nitrogens is 2. The van der Waals surface area contributed by atoms with Crippen molar-refractivity contribution in [3.63, 3.8) is 0 Å². The third kappa shape index (κ3) is 4.14. The van der Waals surface area contributed by atoms with Crippen molar-refractivity contribution in [2.24, 2.45) is 0 Å². The molecule has 19 heavy (non-hydrogen) atoms. The maximum atomic E-state index is 4.38. The van der Waals surface area contributed by atoms with Gasteiger partial charge in [0.05, 0.1) is 0 Å². The van der Waals surface area contributed by atoms with E-state index in [1.165, 1.54) is 0 Å². The van der Waals surface area contributed by atoms with Gasteiger partial charge in [0.15, 0.2) is 0 Å². The average molecular weight is 263 g/mol. The van der Waals surface area contributed by atoms with Gasteiger partial charge in [0, 0.05) is 44.6 Å². The zero-order chi connectivity index (χ0) is 13.9. The summed E-state index contributed by atoms with van der Waals surface area (Å²) in [6, 6.07) is 0.463. The molecule has 0 aliphatic carbocycles. The molecule has 1 fully saturated rings. The number of anilines is 1. The number of nitrogens with one attached hydrogen (secondary N) is 2. The van der Waals surface area contributed by atoms with Crippen molar-refractivity contribution in [1.29, 1.82) is 0 Å². The van der Waals surface area contributed by atoms with Gasteiger partial charge in [0.25, 0.3) is 0 Å². The second-order valence-electron chi connectivity index (χ2n) is 6.34. The number of likely N-dealkylation sites (N-methyl/N-ethyl adjacent to an activating group) is 1. The van der Waals surface area contributed by atoms with Crippen LogP contribution in [0.15, 0.2) is 12.4 Å². The molecule has 1 saturated heterocycles. The van der Waals surface area contributed by atoms with Crippen molar-refractivity contribution < 1.29 is 0 Å². The highest BCUT2D eigenvalue weighted by Gasteiger charge is 2.17. The van der Waals surface area contributed by atoms with E-state index >= 15 is 0 Å². The largest absolute Gasteiger partial charge is 0.353 e. The van der Waals surface area contributed by atoms with Crippen LogP contribution in [0.25, 0.3) is 0 Å². The Hall–Kier alpha value is -1.20. The Labute approximate surface area is 115 Å². The summed E-state index contributed by atoms with van der Waals surface area (Å²) in [6.07, 6.45) is 3.82. The lowest BCUT2D eigenvalue weighted by atomic mass is 9.89. The molecule has 2 heterocycles. The van der Waals surface area contributed by atoms with Crippen molar-refractivity contribution in [1.82, 2.24) is 20.2 Å². The molecule has 0 radical (unpaired) electrons. The fourth-order valence-corrected chi connectivity index (χ4v) is 2.15. The van der Waals surface area contributed by atoms with E-state index in [1.807, 2.05) is 12.4 Å². The Kier molecular flexibility index (Phi) is 4.37. The van der Waals surface area contributed by atoms with Crippen molar-refractivity contribution in [2.45, 2.75) is 32.2 Å². The average Bonchev–Trinajstić information content (AvgIpc) is 2.36. The Morgan fingerprint density at radius 1 is 1.37 bits per heavy atom. The third-order valence-corrected chi connectivity index (χ3v) is 3.48. The highest BCUT2D eigenvalue weighted by atomic mass is 15.2. The fourth-order valence-electron chi connectivity index (χ4n) is 2.15. The van der Waals surface area contributed by atoms with E-state index < -0.39 is 0 Å². The van der Waals surface area contributed by atoms with Crippen LogP contribution in [0.4, 0.5) is 5.95 Å². The third-order valence-electron chi connectivity index (χ3n) is 3.48. The zero-order valence-corrected chi connectivity index (χ0v) is 12.4. The summed E-state index contributed by atoms with van der Waals surface area (Å²) in [5, 5.41) is 6.80. The topological polar surface area (TPSA) is 53.1 Å². The second-order valence-corrected chi connectivity index (χ2v) is 6.34. The maximum Gasteiger partial charge on any atom is 0.222 e. The standard InChI is InChI=1S/C14H25N5/c1-14(2,3)11-7-16-13(17-8-11)18-9-12-10-19(4)6-5-15-12/h7-8,12,15H,5-6,9-10H2,1-4H3,(H,16,17,18). The Bertz CT molecular complexity index is 395. The van der Waals surface area contributed by atoms with Crippen LogP contribution < -0.4 is 10.6 Å². The molecule has 5 heteroatoms. The van der Waals surface area contributed by atoms with Gasteiger partial charge in [-0.15, -0.1) is 0 Å². The smallest absolute Gasteiger partial charge is 0.222 e. The summed E-state index contributed by atoms with van der Waals surface area (Å²) < 4.78 is 0. The van der Waals surface area contributed by atoms with Crippen molar-refractivity contribution >= 4 is 5.95 Å². The molecule has 1 aromatic heterocycles. The first-order valence-corrected chi connectivity index (χ1v) is 6.93. The van der Waals surface area contributed by atoms with E-state index in [0.29, 0.717) is 12.0 Å². The molecular formula is C14H25N5. The molecule has 1 unspecified atom stereocenters. The Balaban J connectivity index is 1.86. The number of piperazine rings is 1. The van der Waals surface area contributed by atoms with Crippen LogP contribution in [0.1, 0.15) is 26.3 Å². The lowest BCUT2D eigenvalue weighted by Gasteiger charge is -2.30. The summed E-state index contributed by atoms with van der Waals surface area (Å²) >= 11 is 0. The first-order chi connectivity index (χ1) is 8.95. The number of hydrogen-bond acceptors (Lipinski definition) is 5. The monoisotopic (exact) mass is 263 g/mol. The first kappa shape index (κ1) is 14.2. The van der Waals surface area contributed by atoms with E-state index in [2.05, 4.69) is 53.3 Å². The summed E-state index contributed by atoms with van der Waals surface area (Å²) in [5.74, 6) is 0.711. The predicted molar refractivity (Wildman–Crippen MR) is 78.5 cm³/mol. The minimum atomic E-state index is 0.103. The molecule has 1 aromatic rings. The molecular weight excluding hydrogens is 238 g/mol. The summed E-state index contributed by atoms with van der Waals surface area (Å²) in [5.41, 5.74) is 1.26. The lowest BCUT2D eigenvalue weighted by Crippen LogP contribution is -2.51. The first-order valence-electron chi connectivity index (χ1n) is 6.93. The van der Waals surface area contributed by atoms with Gasteiger partial charge >= 0.3 is 0 Å². The number of nitrogens with zero attached hydrogens (tertiary/aromatic N) is 3. The molecule has 0 amide bonds. The van der Waals surface area contributed by atoms with Crippen molar-refractivity contribution in [3.05, 3.63) is 18.0 Å². The van der Waals surface area contributed by atoms with Crippen LogP contribution >= 0.6 is 0 Å². The second kappa shape index (κ2) is 5.84. The van der Waals surface area contributed by atoms with Crippen LogP contribution in [-0.2, 0) is 5.41 Å². The molecule has 0 bridgehead atoms. The fraction of sp³-hybridized carbons (Fsp3) is 0.714. The number of rotatable bonds is 3. The van der Waals surface area contributed by atoms with Gasteiger partial charge in [-0.1, -0.05) is 20.8 Å². The summed E-state index contributed by atoms with van der Waals surface area (Å²) in [7, 11) is 2.16. The molecule has 0 spiro atoms. The minimum absolute atomic E-state index is 0.103. The zero-order valence-electron chi connectivity index (χ0n) is 12.4. The van der Waals surface area contributed by atoms with E-state index in [1.54, 1.807) is 0 Å². The Morgan fingerprint density at radius 3 is 2.63 bits per heavy atom. The highest BCUT2D eigenvalue weighted by molar-refractivity contribution is 5.27. The maximum absolute atomic E-state index is 4.38. The van der Waals surface area contributed by atoms with Gasteiger partial charge < -0.3 is 15.5 Å². The lowest BCUT2D eigenvalue weighted by molar-refractivity contribution is 0.244. The number of hydrogen-bond donors (Lipinski definition) is 2. The van der Waals surface area contributed by atoms with Crippen LogP contribution in [0.3, 0.4) is 0 Å². The van der Waals surface area contributed by atoms with Gasteiger partial charge in [-0.3, -0.25) is 0 Å². The van der Waals surface area contributed by atoms with Gasteiger partial charge in [-0.2, -0.15) is 0 Å². The minimum Gasteiger partial charge on any atom is -0.353 e. The summed E-state index contributed by atoms with van der Waals surface area (Å²) in [6.45, 7) is 10.6. The molecule has 1 atom stereocenters. The van der Waals surface area contributed by atoms with Crippen LogP contribution in [0.2, 0.25) is 0 Å². The molecule has 1 aliphatic rings. The molecule has 2 N–H and O–H groups in total. The molecule has 2 rings (SSSR count). The van der Waals surface area contributed by atoms with Crippen LogP contribution in [-0.4, -0.2) is 54.1 Å². The van der Waals surface area contributed by atoms with Gasteiger partial charge in [-0.25, -0.2) is 9.97 Å². The van der Waals surface area contributed by atoms with Gasteiger partial charge in [-0.05, 0) is 18.0 Å². The normalized spacial score (nSPS) is 21.4. The SMILES string of the molecule is CN1CCNC(CNc2ncc(C(C)(C)C)cn2)C1. The molecule has 106 valence electrons. The van der Waals surface area contributed by atoms with Crippen molar-refractivity contribution in [2.75, 3.05) is 38.5 Å². The van der Waals surface area contributed by atoms with Gasteiger partial charge in [0.1, 0.15) is 0 Å². The van der Waals surface area contributed by atoms with Crippen LogP contribution in [0, 0.1) is 0 Å². The molecule has 1 aliphatic heterocycles. The summed E-state index contributed by atoms with van der Waals surface area (Å²) in [4.78, 5) is 11.1. The van der Waals surface area contributed by atoms with E-state index in [4.69, 9.17) is 0 Å². The predicted octanol–water partition coefficient (Wildman–Crippen LogP) is 1.09. The highest BCUT2D eigenvalue weighted by Crippen LogP contribution is 2.20. The van der Waals surface area contributed by atoms with Crippen LogP contribution in [0.5, 0.6) is 0 Å². The van der Waals surface area contributed by atoms with Gasteiger partial charge in [0.2, 0.25) is 5.95 Å². The quantitative estimate of drug-likeness (QED) is 0.855. The van der Waals surface area contributed by atoms with Crippen molar-refractivity contribution in [3.8, 4) is 0 Å². The molecule has 0 saturated carbocycles. The Morgan fingerprint density at radius 2 is 2.05 bits per heavy atom. The molecule has 0 aromatic carbocycles. The van der Waals surface area contributed by atoms with E-state index in [0.717, 1.165) is 31.7 Å². The molecule has 5 nitrogen and oxygen atoms in total. The van der Waals surface area contributed by atoms with E-state index in [9.17, 15) is 0 Å². The van der Waals surface area contributed by atoms with E-state index in [-0.39, 0.29) is 5.41 Å².